The zero-order valence-electron chi connectivity index (χ0n) is 8.70. The van der Waals surface area contributed by atoms with Crippen LogP contribution in [-0.4, -0.2) is 62.3 Å². The van der Waals surface area contributed by atoms with Crippen LogP contribution in [0.15, 0.2) is 0 Å². The van der Waals surface area contributed by atoms with Crippen molar-refractivity contribution in [1.82, 2.24) is 9.80 Å². The van der Waals surface area contributed by atoms with Crippen LogP contribution in [0.25, 0.3) is 0 Å². The van der Waals surface area contributed by atoms with Crippen LogP contribution in [0.4, 0.5) is 0 Å². The van der Waals surface area contributed by atoms with Crippen molar-refractivity contribution in [3.8, 4) is 0 Å². The summed E-state index contributed by atoms with van der Waals surface area (Å²) in [6.45, 7) is 4.65. The molecular weight excluding hydrogens is 164 g/mol. The minimum atomic E-state index is 0.501. The van der Waals surface area contributed by atoms with E-state index in [-0.39, 0.29) is 0 Å². The molecule has 2 atom stereocenters. The second kappa shape index (κ2) is 3.95. The van der Waals surface area contributed by atoms with Crippen LogP contribution in [0.2, 0.25) is 0 Å². The summed E-state index contributed by atoms with van der Waals surface area (Å²) >= 11 is 0. The Labute approximate surface area is 80.6 Å². The van der Waals surface area contributed by atoms with E-state index in [1.54, 1.807) is 0 Å². The minimum Gasteiger partial charge on any atom is -0.372 e. The highest BCUT2D eigenvalue weighted by Crippen LogP contribution is 2.17. The normalized spacial score (nSPS) is 37.4. The van der Waals surface area contributed by atoms with Gasteiger partial charge in [-0.05, 0) is 26.9 Å². The molecular formula is C10H20N2O. The lowest BCUT2D eigenvalue weighted by molar-refractivity contribution is 0.00186. The summed E-state index contributed by atoms with van der Waals surface area (Å²) in [6.07, 6.45) is 3.44. The second-order valence-corrected chi connectivity index (χ2v) is 4.48. The molecule has 0 bridgehead atoms. The van der Waals surface area contributed by atoms with Crippen molar-refractivity contribution in [2.24, 2.45) is 0 Å². The Kier molecular flexibility index (Phi) is 2.86. The van der Waals surface area contributed by atoms with Crippen molar-refractivity contribution in [2.45, 2.75) is 25.0 Å². The maximum atomic E-state index is 6.03. The van der Waals surface area contributed by atoms with Crippen molar-refractivity contribution in [2.75, 3.05) is 40.3 Å². The fourth-order valence-corrected chi connectivity index (χ4v) is 2.28. The summed E-state index contributed by atoms with van der Waals surface area (Å²) in [5.74, 6) is 0. The molecule has 3 heteroatoms. The second-order valence-electron chi connectivity index (χ2n) is 4.48. The quantitative estimate of drug-likeness (QED) is 0.618. The molecule has 0 spiro atoms. The third kappa shape index (κ3) is 2.42. The lowest BCUT2D eigenvalue weighted by Crippen LogP contribution is -2.26. The number of rotatable bonds is 2. The van der Waals surface area contributed by atoms with Crippen LogP contribution >= 0.6 is 0 Å². The van der Waals surface area contributed by atoms with E-state index >= 15 is 0 Å². The molecule has 2 aliphatic rings. The third-order valence-corrected chi connectivity index (χ3v) is 3.08. The summed E-state index contributed by atoms with van der Waals surface area (Å²) in [5, 5.41) is 0. The van der Waals surface area contributed by atoms with E-state index in [0.29, 0.717) is 12.2 Å². The fourth-order valence-electron chi connectivity index (χ4n) is 2.28. The number of hydrogen-bond acceptors (Lipinski definition) is 3. The van der Waals surface area contributed by atoms with Crippen LogP contribution in [0.1, 0.15) is 12.8 Å². The first kappa shape index (κ1) is 9.44. The Morgan fingerprint density at radius 1 is 0.923 bits per heavy atom. The average Bonchev–Trinajstić information content (AvgIpc) is 2.62. The Morgan fingerprint density at radius 2 is 1.38 bits per heavy atom. The van der Waals surface area contributed by atoms with E-state index in [1.165, 1.54) is 25.9 Å². The van der Waals surface area contributed by atoms with Gasteiger partial charge < -0.3 is 14.5 Å². The molecule has 2 saturated heterocycles. The standard InChI is InChI=1S/C10H20N2O/c1-11-5-3-9(7-11)13-10-4-6-12(2)8-10/h9-10H,3-8H2,1-2H3. The van der Waals surface area contributed by atoms with Gasteiger partial charge in [-0.25, -0.2) is 0 Å². The SMILES string of the molecule is CN1CCC(OC2CCN(C)C2)C1. The van der Waals surface area contributed by atoms with Crippen molar-refractivity contribution in [1.29, 1.82) is 0 Å². The van der Waals surface area contributed by atoms with Gasteiger partial charge >= 0.3 is 0 Å². The van der Waals surface area contributed by atoms with E-state index in [9.17, 15) is 0 Å². The first-order chi connectivity index (χ1) is 6.24. The molecule has 2 heterocycles. The van der Waals surface area contributed by atoms with Crippen LogP contribution in [0.3, 0.4) is 0 Å². The zero-order chi connectivity index (χ0) is 9.26. The molecule has 2 rings (SSSR count). The number of likely N-dealkylation sites (tertiary alicyclic amines) is 2. The highest BCUT2D eigenvalue weighted by Gasteiger charge is 2.26. The summed E-state index contributed by atoms with van der Waals surface area (Å²) in [5.41, 5.74) is 0. The molecule has 76 valence electrons. The predicted molar refractivity (Wildman–Crippen MR) is 52.9 cm³/mol. The van der Waals surface area contributed by atoms with Gasteiger partial charge in [-0.15, -0.1) is 0 Å². The topological polar surface area (TPSA) is 15.7 Å². The summed E-state index contributed by atoms with van der Waals surface area (Å²) in [7, 11) is 4.34. The fraction of sp³-hybridized carbons (Fsp3) is 1.00. The van der Waals surface area contributed by atoms with Crippen LogP contribution in [0, 0.1) is 0 Å². The van der Waals surface area contributed by atoms with E-state index < -0.39 is 0 Å². The molecule has 2 unspecified atom stereocenters. The molecule has 2 aliphatic heterocycles. The van der Waals surface area contributed by atoms with Crippen LogP contribution in [0.5, 0.6) is 0 Å². The van der Waals surface area contributed by atoms with E-state index in [2.05, 4.69) is 23.9 Å². The molecule has 2 fully saturated rings. The van der Waals surface area contributed by atoms with Gasteiger partial charge in [-0.3, -0.25) is 0 Å². The number of nitrogens with zero attached hydrogens (tertiary/aromatic N) is 2. The Balaban J connectivity index is 1.72. The first-order valence-corrected chi connectivity index (χ1v) is 5.26. The molecule has 0 aliphatic carbocycles. The lowest BCUT2D eigenvalue weighted by Gasteiger charge is -2.17. The number of hydrogen-bond donors (Lipinski definition) is 0. The highest BCUT2D eigenvalue weighted by atomic mass is 16.5. The zero-order valence-corrected chi connectivity index (χ0v) is 8.70. The number of likely N-dealkylation sites (N-methyl/N-ethyl adjacent to an activating group) is 2. The molecule has 0 aromatic rings. The summed E-state index contributed by atoms with van der Waals surface area (Å²) < 4.78 is 6.03. The summed E-state index contributed by atoms with van der Waals surface area (Å²) in [6, 6.07) is 0. The largest absolute Gasteiger partial charge is 0.372 e. The molecule has 0 aromatic carbocycles. The van der Waals surface area contributed by atoms with Crippen LogP contribution in [-0.2, 0) is 4.74 Å². The molecule has 0 saturated carbocycles. The van der Waals surface area contributed by atoms with Gasteiger partial charge in [0.25, 0.3) is 0 Å². The van der Waals surface area contributed by atoms with Crippen molar-refractivity contribution < 1.29 is 4.74 Å². The van der Waals surface area contributed by atoms with Gasteiger partial charge in [-0.1, -0.05) is 0 Å². The smallest absolute Gasteiger partial charge is 0.0718 e. The Bertz CT molecular complexity index is 156. The molecule has 3 nitrogen and oxygen atoms in total. The molecule has 0 amide bonds. The third-order valence-electron chi connectivity index (χ3n) is 3.08. The molecule has 0 aromatic heterocycles. The number of ether oxygens (including phenoxy) is 1. The van der Waals surface area contributed by atoms with Crippen molar-refractivity contribution in [3.05, 3.63) is 0 Å². The van der Waals surface area contributed by atoms with E-state index in [4.69, 9.17) is 4.74 Å². The van der Waals surface area contributed by atoms with Gasteiger partial charge in [-0.2, -0.15) is 0 Å². The molecule has 0 N–H and O–H groups in total. The van der Waals surface area contributed by atoms with Crippen molar-refractivity contribution in [3.63, 3.8) is 0 Å². The highest BCUT2D eigenvalue weighted by molar-refractivity contribution is 4.79. The predicted octanol–water partition coefficient (Wildman–Crippen LogP) is 0.411. The van der Waals surface area contributed by atoms with Crippen LogP contribution < -0.4 is 0 Å². The molecule has 13 heavy (non-hydrogen) atoms. The van der Waals surface area contributed by atoms with Gasteiger partial charge in [0.2, 0.25) is 0 Å². The molecule has 0 radical (unpaired) electrons. The van der Waals surface area contributed by atoms with Gasteiger partial charge in [0.15, 0.2) is 0 Å². The van der Waals surface area contributed by atoms with Gasteiger partial charge in [0.05, 0.1) is 12.2 Å². The monoisotopic (exact) mass is 184 g/mol. The van der Waals surface area contributed by atoms with Crippen molar-refractivity contribution >= 4 is 0 Å². The first-order valence-electron chi connectivity index (χ1n) is 5.26. The van der Waals surface area contributed by atoms with Gasteiger partial charge in [0, 0.05) is 26.2 Å². The van der Waals surface area contributed by atoms with E-state index in [1.807, 2.05) is 0 Å². The maximum Gasteiger partial charge on any atom is 0.0718 e. The van der Waals surface area contributed by atoms with E-state index in [0.717, 1.165) is 13.1 Å². The summed E-state index contributed by atoms with van der Waals surface area (Å²) in [4.78, 5) is 4.70. The average molecular weight is 184 g/mol. The Morgan fingerprint density at radius 3 is 1.69 bits per heavy atom. The van der Waals surface area contributed by atoms with Gasteiger partial charge in [0.1, 0.15) is 0 Å². The Hall–Kier alpha value is -0.120. The minimum absolute atomic E-state index is 0.501. The lowest BCUT2D eigenvalue weighted by atomic mass is 10.3. The maximum absolute atomic E-state index is 6.03.